The van der Waals surface area contributed by atoms with Gasteiger partial charge in [0.1, 0.15) is 0 Å². The number of carbonyl (C=O) groups is 1. The Morgan fingerprint density at radius 2 is 1.84 bits per heavy atom. The lowest BCUT2D eigenvalue weighted by atomic mass is 9.97. The fourth-order valence-corrected chi connectivity index (χ4v) is 2.50. The highest BCUT2D eigenvalue weighted by molar-refractivity contribution is 5.70. The molecule has 104 valence electrons. The lowest BCUT2D eigenvalue weighted by molar-refractivity contribution is -0.143. The van der Waals surface area contributed by atoms with Gasteiger partial charge in [-0.3, -0.25) is 9.69 Å². The van der Waals surface area contributed by atoms with Crippen molar-refractivity contribution in [3.8, 4) is 0 Å². The number of nitrogens with zero attached hydrogens (tertiary/aromatic N) is 2. The number of piperidine rings is 1. The second kappa shape index (κ2) is 6.06. The van der Waals surface area contributed by atoms with Crippen LogP contribution in [0.15, 0.2) is 24.3 Å². The van der Waals surface area contributed by atoms with Crippen LogP contribution in [0.5, 0.6) is 0 Å². The van der Waals surface area contributed by atoms with Crippen LogP contribution in [0.4, 0.5) is 5.69 Å². The molecule has 0 unspecified atom stereocenters. The molecule has 0 amide bonds. The molecular formula is C15H22N2O2. The molecule has 1 aromatic carbocycles. The predicted molar refractivity (Wildman–Crippen MR) is 76.4 cm³/mol. The van der Waals surface area contributed by atoms with E-state index in [0.717, 1.165) is 32.5 Å². The van der Waals surface area contributed by atoms with Crippen molar-refractivity contribution in [3.63, 3.8) is 0 Å². The summed E-state index contributed by atoms with van der Waals surface area (Å²) in [6, 6.07) is 8.55. The normalized spacial score (nSPS) is 17.4. The van der Waals surface area contributed by atoms with E-state index in [0.29, 0.717) is 0 Å². The zero-order chi connectivity index (χ0) is 13.8. The molecule has 2 rings (SSSR count). The van der Waals surface area contributed by atoms with Crippen LogP contribution in [-0.2, 0) is 11.3 Å². The lowest BCUT2D eigenvalue weighted by Gasteiger charge is -2.30. The minimum atomic E-state index is -0.644. The van der Waals surface area contributed by atoms with Crippen LogP contribution < -0.4 is 4.90 Å². The van der Waals surface area contributed by atoms with E-state index < -0.39 is 5.97 Å². The van der Waals surface area contributed by atoms with Gasteiger partial charge in [0.25, 0.3) is 0 Å². The largest absolute Gasteiger partial charge is 0.481 e. The second-order valence-corrected chi connectivity index (χ2v) is 5.45. The highest BCUT2D eigenvalue weighted by Crippen LogP contribution is 2.20. The third-order valence-corrected chi connectivity index (χ3v) is 3.80. The number of anilines is 1. The Labute approximate surface area is 114 Å². The predicted octanol–water partition coefficient (Wildman–Crippen LogP) is 2.05. The van der Waals surface area contributed by atoms with E-state index in [4.69, 9.17) is 5.11 Å². The Morgan fingerprint density at radius 3 is 2.32 bits per heavy atom. The summed E-state index contributed by atoms with van der Waals surface area (Å²) in [5, 5.41) is 8.97. The highest BCUT2D eigenvalue weighted by atomic mass is 16.4. The molecule has 1 aliphatic heterocycles. The number of hydrogen-bond donors (Lipinski definition) is 1. The first-order valence-corrected chi connectivity index (χ1v) is 6.77. The fraction of sp³-hybridized carbons (Fsp3) is 0.533. The summed E-state index contributed by atoms with van der Waals surface area (Å²) in [4.78, 5) is 15.3. The third kappa shape index (κ3) is 3.70. The molecule has 1 fully saturated rings. The summed E-state index contributed by atoms with van der Waals surface area (Å²) >= 11 is 0. The van der Waals surface area contributed by atoms with Gasteiger partial charge in [-0.05, 0) is 43.6 Å². The molecule has 1 heterocycles. The number of rotatable bonds is 4. The maximum absolute atomic E-state index is 10.9. The first kappa shape index (κ1) is 13.9. The summed E-state index contributed by atoms with van der Waals surface area (Å²) < 4.78 is 0. The Kier molecular flexibility index (Phi) is 4.43. The molecule has 1 aliphatic rings. The Morgan fingerprint density at radius 1 is 1.26 bits per heavy atom. The molecule has 19 heavy (non-hydrogen) atoms. The van der Waals surface area contributed by atoms with Crippen molar-refractivity contribution in [1.29, 1.82) is 0 Å². The monoisotopic (exact) mass is 262 g/mol. The summed E-state index contributed by atoms with van der Waals surface area (Å²) in [6.07, 6.45) is 1.54. The van der Waals surface area contributed by atoms with Gasteiger partial charge in [-0.2, -0.15) is 0 Å². The SMILES string of the molecule is CN(C)c1ccc(CN2CCC(C(=O)O)CC2)cc1. The number of carboxylic acids is 1. The van der Waals surface area contributed by atoms with Gasteiger partial charge in [-0.15, -0.1) is 0 Å². The Hall–Kier alpha value is -1.55. The van der Waals surface area contributed by atoms with Crippen molar-refractivity contribution >= 4 is 11.7 Å². The van der Waals surface area contributed by atoms with Crippen LogP contribution in [0.1, 0.15) is 18.4 Å². The maximum atomic E-state index is 10.9. The van der Waals surface area contributed by atoms with Crippen LogP contribution in [0.3, 0.4) is 0 Å². The summed E-state index contributed by atoms with van der Waals surface area (Å²) in [5.41, 5.74) is 2.49. The first-order valence-electron chi connectivity index (χ1n) is 6.77. The van der Waals surface area contributed by atoms with Gasteiger partial charge in [-0.25, -0.2) is 0 Å². The standard InChI is InChI=1S/C15H22N2O2/c1-16(2)14-5-3-12(4-6-14)11-17-9-7-13(8-10-17)15(18)19/h3-6,13H,7-11H2,1-2H3,(H,18,19). The molecule has 1 saturated heterocycles. The van der Waals surface area contributed by atoms with Crippen molar-refractivity contribution in [1.82, 2.24) is 4.90 Å². The Bertz CT molecular complexity index is 420. The molecule has 0 aliphatic carbocycles. The van der Waals surface area contributed by atoms with Gasteiger partial charge in [-0.1, -0.05) is 12.1 Å². The average molecular weight is 262 g/mol. The summed E-state index contributed by atoms with van der Waals surface area (Å²) in [7, 11) is 4.07. The molecule has 4 nitrogen and oxygen atoms in total. The molecule has 0 bridgehead atoms. The fourth-order valence-electron chi connectivity index (χ4n) is 2.50. The molecule has 1 N–H and O–H groups in total. The first-order chi connectivity index (χ1) is 9.06. The lowest BCUT2D eigenvalue weighted by Crippen LogP contribution is -2.35. The van der Waals surface area contributed by atoms with Crippen LogP contribution in [0.2, 0.25) is 0 Å². The van der Waals surface area contributed by atoms with Crippen LogP contribution in [0, 0.1) is 5.92 Å². The quantitative estimate of drug-likeness (QED) is 0.902. The van der Waals surface area contributed by atoms with Gasteiger partial charge in [0.15, 0.2) is 0 Å². The van der Waals surface area contributed by atoms with E-state index in [-0.39, 0.29) is 5.92 Å². The highest BCUT2D eigenvalue weighted by Gasteiger charge is 2.24. The van der Waals surface area contributed by atoms with Crippen molar-refractivity contribution in [2.24, 2.45) is 5.92 Å². The van der Waals surface area contributed by atoms with E-state index in [1.54, 1.807) is 0 Å². The van der Waals surface area contributed by atoms with E-state index in [1.807, 2.05) is 14.1 Å². The minimum absolute atomic E-state index is 0.146. The molecule has 0 saturated carbocycles. The number of carboxylic acid groups (broad SMARTS) is 1. The number of benzene rings is 1. The maximum Gasteiger partial charge on any atom is 0.306 e. The second-order valence-electron chi connectivity index (χ2n) is 5.45. The number of likely N-dealkylation sites (tertiary alicyclic amines) is 1. The zero-order valence-corrected chi connectivity index (χ0v) is 11.7. The molecule has 0 spiro atoms. The number of aliphatic carboxylic acids is 1. The van der Waals surface area contributed by atoms with Crippen molar-refractivity contribution in [2.75, 3.05) is 32.1 Å². The van der Waals surface area contributed by atoms with Crippen LogP contribution in [0.25, 0.3) is 0 Å². The topological polar surface area (TPSA) is 43.8 Å². The molecule has 1 aromatic rings. The van der Waals surface area contributed by atoms with Crippen molar-refractivity contribution in [2.45, 2.75) is 19.4 Å². The molecule has 0 radical (unpaired) electrons. The molecular weight excluding hydrogens is 240 g/mol. The van der Waals surface area contributed by atoms with E-state index in [1.165, 1.54) is 11.3 Å². The smallest absolute Gasteiger partial charge is 0.306 e. The average Bonchev–Trinajstić information content (AvgIpc) is 2.40. The van der Waals surface area contributed by atoms with Gasteiger partial charge in [0.05, 0.1) is 5.92 Å². The Balaban J connectivity index is 1.87. The summed E-state index contributed by atoms with van der Waals surface area (Å²) in [5.74, 6) is -0.789. The van der Waals surface area contributed by atoms with Gasteiger partial charge < -0.3 is 10.0 Å². The molecule has 0 atom stereocenters. The van der Waals surface area contributed by atoms with Gasteiger partial charge in [0.2, 0.25) is 0 Å². The van der Waals surface area contributed by atoms with E-state index in [9.17, 15) is 4.79 Å². The van der Waals surface area contributed by atoms with Crippen LogP contribution >= 0.6 is 0 Å². The minimum Gasteiger partial charge on any atom is -0.481 e. The van der Waals surface area contributed by atoms with Gasteiger partial charge in [0, 0.05) is 26.3 Å². The van der Waals surface area contributed by atoms with Crippen LogP contribution in [-0.4, -0.2) is 43.2 Å². The third-order valence-electron chi connectivity index (χ3n) is 3.80. The summed E-state index contributed by atoms with van der Waals surface area (Å²) in [6.45, 7) is 2.68. The zero-order valence-electron chi connectivity index (χ0n) is 11.7. The van der Waals surface area contributed by atoms with E-state index >= 15 is 0 Å². The van der Waals surface area contributed by atoms with Crippen molar-refractivity contribution < 1.29 is 9.90 Å². The molecule has 4 heteroatoms. The van der Waals surface area contributed by atoms with E-state index in [2.05, 4.69) is 34.1 Å². The molecule has 0 aromatic heterocycles. The number of hydrogen-bond acceptors (Lipinski definition) is 3. The van der Waals surface area contributed by atoms with Gasteiger partial charge >= 0.3 is 5.97 Å². The van der Waals surface area contributed by atoms with Crippen molar-refractivity contribution in [3.05, 3.63) is 29.8 Å².